The first-order chi connectivity index (χ1) is 8.81. The van der Waals surface area contributed by atoms with Crippen molar-refractivity contribution < 1.29 is 12.9 Å². The zero-order valence-electron chi connectivity index (χ0n) is 10.8. The van der Waals surface area contributed by atoms with Crippen molar-refractivity contribution >= 4 is 21.5 Å². The van der Waals surface area contributed by atoms with Gasteiger partial charge in [-0.25, -0.2) is 13.4 Å². The lowest BCUT2D eigenvalue weighted by molar-refractivity contribution is 0.390. The highest BCUT2D eigenvalue weighted by Gasteiger charge is 2.25. The van der Waals surface area contributed by atoms with Gasteiger partial charge in [-0.15, -0.1) is 0 Å². The summed E-state index contributed by atoms with van der Waals surface area (Å²) in [5.41, 5.74) is 6.98. The van der Waals surface area contributed by atoms with E-state index >= 15 is 0 Å². The lowest BCUT2D eigenvalue weighted by atomic mass is 10.3. The van der Waals surface area contributed by atoms with Crippen molar-refractivity contribution in [3.8, 4) is 0 Å². The van der Waals surface area contributed by atoms with Crippen LogP contribution in [0.15, 0.2) is 21.7 Å². The molecule has 2 heterocycles. The van der Waals surface area contributed by atoms with Gasteiger partial charge in [-0.05, 0) is 32.4 Å². The molecule has 0 bridgehead atoms. The Bertz CT molecular complexity index is 702. The van der Waals surface area contributed by atoms with Crippen molar-refractivity contribution in [3.63, 3.8) is 0 Å². The minimum atomic E-state index is -3.78. The molecular formula is C11H14N4O3S. The molecule has 0 aromatic carbocycles. The van der Waals surface area contributed by atoms with Crippen LogP contribution in [-0.2, 0) is 10.0 Å². The zero-order valence-corrected chi connectivity index (χ0v) is 11.6. The second kappa shape index (κ2) is 4.54. The van der Waals surface area contributed by atoms with Crippen LogP contribution in [0.25, 0.3) is 0 Å². The quantitative estimate of drug-likeness (QED) is 0.879. The van der Waals surface area contributed by atoms with Crippen molar-refractivity contribution in [2.75, 3.05) is 10.5 Å². The number of rotatable bonds is 3. The Morgan fingerprint density at radius 2 is 2.00 bits per heavy atom. The van der Waals surface area contributed by atoms with Gasteiger partial charge in [0.25, 0.3) is 10.0 Å². The summed E-state index contributed by atoms with van der Waals surface area (Å²) >= 11 is 0. The standard InChI is InChI=1S/C11H14N4O3S/c1-6-4-9(12)5-13-11(6)15-19(16,17)10-7(2)14-18-8(10)3/h4-5H,12H2,1-3H3,(H,13,15). The van der Waals surface area contributed by atoms with Gasteiger partial charge < -0.3 is 10.3 Å². The summed E-state index contributed by atoms with van der Waals surface area (Å²) in [6.07, 6.45) is 1.39. The highest BCUT2D eigenvalue weighted by Crippen LogP contribution is 2.23. The van der Waals surface area contributed by atoms with Gasteiger partial charge in [0, 0.05) is 0 Å². The number of pyridine rings is 1. The molecule has 3 N–H and O–H groups in total. The van der Waals surface area contributed by atoms with Gasteiger partial charge in [-0.3, -0.25) is 4.72 Å². The summed E-state index contributed by atoms with van der Waals surface area (Å²) in [6.45, 7) is 4.82. The predicted molar refractivity (Wildman–Crippen MR) is 70.2 cm³/mol. The minimum absolute atomic E-state index is 0.0329. The molecule has 0 aliphatic heterocycles. The maximum absolute atomic E-state index is 12.3. The van der Waals surface area contributed by atoms with Gasteiger partial charge in [0.2, 0.25) is 0 Å². The second-order valence-electron chi connectivity index (χ2n) is 4.19. The molecule has 19 heavy (non-hydrogen) atoms. The van der Waals surface area contributed by atoms with E-state index in [9.17, 15) is 8.42 Å². The number of aromatic nitrogens is 2. The smallest absolute Gasteiger partial charge is 0.268 e. The molecule has 0 unspecified atom stereocenters. The molecule has 0 amide bonds. The third-order valence-corrected chi connectivity index (χ3v) is 4.15. The molecule has 2 aromatic rings. The van der Waals surface area contributed by atoms with E-state index in [-0.39, 0.29) is 16.5 Å². The topological polar surface area (TPSA) is 111 Å². The monoisotopic (exact) mass is 282 g/mol. The molecule has 0 spiro atoms. The van der Waals surface area contributed by atoms with Crippen LogP contribution in [0.3, 0.4) is 0 Å². The lowest BCUT2D eigenvalue weighted by Crippen LogP contribution is -2.16. The van der Waals surface area contributed by atoms with Gasteiger partial charge in [0.1, 0.15) is 11.5 Å². The van der Waals surface area contributed by atoms with Gasteiger partial charge >= 0.3 is 0 Å². The molecule has 0 aliphatic carbocycles. The van der Waals surface area contributed by atoms with E-state index in [2.05, 4.69) is 14.9 Å². The molecular weight excluding hydrogens is 268 g/mol. The molecule has 0 aliphatic rings. The highest BCUT2D eigenvalue weighted by atomic mass is 32.2. The summed E-state index contributed by atoms with van der Waals surface area (Å²) in [7, 11) is -3.78. The fraction of sp³-hybridized carbons (Fsp3) is 0.273. The van der Waals surface area contributed by atoms with Crippen molar-refractivity contribution in [1.29, 1.82) is 0 Å². The molecule has 0 saturated heterocycles. The first kappa shape index (κ1) is 13.3. The van der Waals surface area contributed by atoms with Crippen molar-refractivity contribution in [3.05, 3.63) is 29.3 Å². The maximum atomic E-state index is 12.3. The Kier molecular flexibility index (Phi) is 3.19. The molecule has 2 aromatic heterocycles. The largest absolute Gasteiger partial charge is 0.397 e. The van der Waals surface area contributed by atoms with Crippen LogP contribution in [0.1, 0.15) is 17.0 Å². The third-order valence-electron chi connectivity index (χ3n) is 2.57. The fourth-order valence-corrected chi connectivity index (χ4v) is 3.15. The van der Waals surface area contributed by atoms with Crippen LogP contribution in [0.4, 0.5) is 11.5 Å². The van der Waals surface area contributed by atoms with Gasteiger partial charge in [-0.1, -0.05) is 5.16 Å². The van der Waals surface area contributed by atoms with Crippen molar-refractivity contribution in [1.82, 2.24) is 10.1 Å². The Balaban J connectivity index is 2.42. The number of sulfonamides is 1. The Labute approximate surface area is 110 Å². The minimum Gasteiger partial charge on any atom is -0.397 e. The van der Waals surface area contributed by atoms with E-state index in [4.69, 9.17) is 10.3 Å². The number of hydrogen-bond donors (Lipinski definition) is 2. The van der Waals surface area contributed by atoms with Gasteiger partial charge in [-0.2, -0.15) is 0 Å². The normalized spacial score (nSPS) is 11.5. The van der Waals surface area contributed by atoms with Crippen LogP contribution in [0.2, 0.25) is 0 Å². The average Bonchev–Trinajstić information content (AvgIpc) is 2.63. The van der Waals surface area contributed by atoms with E-state index in [1.807, 2.05) is 0 Å². The number of nitrogens with one attached hydrogen (secondary N) is 1. The van der Waals surface area contributed by atoms with E-state index < -0.39 is 10.0 Å². The number of aryl methyl sites for hydroxylation is 3. The Hall–Kier alpha value is -2.09. The molecule has 0 radical (unpaired) electrons. The van der Waals surface area contributed by atoms with Crippen LogP contribution in [0.5, 0.6) is 0 Å². The molecule has 102 valence electrons. The molecule has 7 nitrogen and oxygen atoms in total. The van der Waals surface area contributed by atoms with Gasteiger partial charge in [0.05, 0.1) is 11.9 Å². The average molecular weight is 282 g/mol. The number of nitrogens with two attached hydrogens (primary N) is 1. The third kappa shape index (κ3) is 2.53. The van der Waals surface area contributed by atoms with Crippen LogP contribution < -0.4 is 10.5 Å². The summed E-state index contributed by atoms with van der Waals surface area (Å²) in [5, 5.41) is 3.63. The summed E-state index contributed by atoms with van der Waals surface area (Å²) in [5.74, 6) is 0.465. The SMILES string of the molecule is Cc1cc(N)cnc1NS(=O)(=O)c1c(C)noc1C. The van der Waals surface area contributed by atoms with Gasteiger partial charge in [0.15, 0.2) is 10.7 Å². The fourth-order valence-electron chi connectivity index (χ4n) is 1.74. The predicted octanol–water partition coefficient (Wildman–Crippen LogP) is 1.38. The summed E-state index contributed by atoms with van der Waals surface area (Å²) in [4.78, 5) is 4.00. The summed E-state index contributed by atoms with van der Waals surface area (Å²) < 4.78 is 31.8. The molecule has 0 saturated carbocycles. The highest BCUT2D eigenvalue weighted by molar-refractivity contribution is 7.92. The maximum Gasteiger partial charge on any atom is 0.268 e. The van der Waals surface area contributed by atoms with Crippen molar-refractivity contribution in [2.24, 2.45) is 0 Å². The molecule has 8 heteroatoms. The second-order valence-corrected chi connectivity index (χ2v) is 5.81. The summed E-state index contributed by atoms with van der Waals surface area (Å²) in [6, 6.07) is 1.64. The van der Waals surface area contributed by atoms with Crippen molar-refractivity contribution in [2.45, 2.75) is 25.7 Å². The zero-order chi connectivity index (χ0) is 14.2. The lowest BCUT2D eigenvalue weighted by Gasteiger charge is -2.09. The van der Waals surface area contributed by atoms with Crippen LogP contribution in [-0.4, -0.2) is 18.6 Å². The van der Waals surface area contributed by atoms with E-state index in [0.29, 0.717) is 16.9 Å². The number of nitrogen functional groups attached to an aromatic ring is 1. The first-order valence-electron chi connectivity index (χ1n) is 5.49. The van der Waals surface area contributed by atoms with E-state index in [1.165, 1.54) is 13.1 Å². The molecule has 2 rings (SSSR count). The molecule has 0 atom stereocenters. The first-order valence-corrected chi connectivity index (χ1v) is 6.97. The van der Waals surface area contributed by atoms with Crippen LogP contribution in [0, 0.1) is 20.8 Å². The Morgan fingerprint density at radius 3 is 2.53 bits per heavy atom. The number of hydrogen-bond acceptors (Lipinski definition) is 6. The van der Waals surface area contributed by atoms with Crippen LogP contribution >= 0.6 is 0 Å². The van der Waals surface area contributed by atoms with E-state index in [1.54, 1.807) is 19.9 Å². The number of nitrogens with zero attached hydrogens (tertiary/aromatic N) is 2. The van der Waals surface area contributed by atoms with E-state index in [0.717, 1.165) is 0 Å². The Morgan fingerprint density at radius 1 is 1.32 bits per heavy atom. The number of anilines is 2. The molecule has 0 fully saturated rings.